The molecule has 0 rings (SSSR count). The second-order valence-corrected chi connectivity index (χ2v) is 2.97. The lowest BCUT2D eigenvalue weighted by Crippen LogP contribution is -1.90. The zero-order valence-electron chi connectivity index (χ0n) is 8.09. The molecule has 0 aromatic rings. The fraction of sp³-hybridized carbons (Fsp3) is 0.700. The third-order valence-corrected chi connectivity index (χ3v) is 1.55. The summed E-state index contributed by atoms with van der Waals surface area (Å²) < 4.78 is 0. The number of hydrogen-bond donors (Lipinski definition) is 0. The van der Waals surface area contributed by atoms with Gasteiger partial charge in [0.1, 0.15) is 0 Å². The molecule has 0 aliphatic carbocycles. The van der Waals surface area contributed by atoms with Crippen LogP contribution < -0.4 is 0 Å². The molecule has 1 nitrogen and oxygen atoms in total. The molecule has 0 heterocycles. The lowest BCUT2D eigenvalue weighted by Gasteiger charge is -2.03. The molecule has 0 N–H and O–H groups in total. The molecule has 0 aromatic carbocycles. The van der Waals surface area contributed by atoms with Crippen molar-refractivity contribution in [3.05, 3.63) is 11.8 Å². The van der Waals surface area contributed by atoms with Gasteiger partial charge in [-0.3, -0.25) is 4.99 Å². The summed E-state index contributed by atoms with van der Waals surface area (Å²) in [6.45, 7) is 8.53. The van der Waals surface area contributed by atoms with Crippen molar-refractivity contribution in [2.75, 3.05) is 0 Å². The number of nitrogens with zero attached hydrogens (tertiary/aromatic N) is 1. The van der Waals surface area contributed by atoms with Gasteiger partial charge >= 0.3 is 0 Å². The second-order valence-electron chi connectivity index (χ2n) is 2.97. The van der Waals surface area contributed by atoms with Gasteiger partial charge in [0.2, 0.25) is 0 Å². The summed E-state index contributed by atoms with van der Waals surface area (Å²) in [5.41, 5.74) is 1.19. The fourth-order valence-corrected chi connectivity index (χ4v) is 0.856. The summed E-state index contributed by atoms with van der Waals surface area (Å²) >= 11 is 0. The molecule has 0 aromatic heterocycles. The van der Waals surface area contributed by atoms with Gasteiger partial charge in [-0.15, -0.1) is 0 Å². The van der Waals surface area contributed by atoms with Gasteiger partial charge in [-0.05, 0) is 19.3 Å². The Hall–Kier alpha value is -0.590. The van der Waals surface area contributed by atoms with Crippen LogP contribution in [0.4, 0.5) is 0 Å². The summed E-state index contributed by atoms with van der Waals surface area (Å²) in [6, 6.07) is 0. The zero-order valence-corrected chi connectivity index (χ0v) is 8.09. The second kappa shape index (κ2) is 6.14. The van der Waals surface area contributed by atoms with E-state index in [1.54, 1.807) is 0 Å². The van der Waals surface area contributed by atoms with Gasteiger partial charge in [-0.2, -0.15) is 0 Å². The number of aliphatic imine (C=N–C) groups is 1. The monoisotopic (exact) mass is 153 g/mol. The summed E-state index contributed by atoms with van der Waals surface area (Å²) in [7, 11) is 0. The predicted molar refractivity (Wildman–Crippen MR) is 52.0 cm³/mol. The zero-order chi connectivity index (χ0) is 8.69. The first kappa shape index (κ1) is 10.4. The molecule has 0 amide bonds. The fourth-order valence-electron chi connectivity index (χ4n) is 0.856. The maximum Gasteiger partial charge on any atom is 0.0382 e. The molecule has 0 unspecified atom stereocenters. The van der Waals surface area contributed by atoms with Crippen molar-refractivity contribution in [3.8, 4) is 0 Å². The third kappa shape index (κ3) is 4.77. The highest BCUT2D eigenvalue weighted by atomic mass is 14.7. The van der Waals surface area contributed by atoms with E-state index in [4.69, 9.17) is 0 Å². The maximum atomic E-state index is 4.37. The molecule has 0 saturated carbocycles. The quantitative estimate of drug-likeness (QED) is 0.549. The Bertz CT molecular complexity index is 143. The van der Waals surface area contributed by atoms with Crippen LogP contribution in [0.2, 0.25) is 0 Å². The third-order valence-electron chi connectivity index (χ3n) is 1.55. The highest BCUT2D eigenvalue weighted by Crippen LogP contribution is 2.09. The minimum atomic E-state index is 0.549. The lowest BCUT2D eigenvalue weighted by molar-refractivity contribution is 0.755. The van der Waals surface area contributed by atoms with E-state index < -0.39 is 0 Å². The van der Waals surface area contributed by atoms with Crippen LogP contribution in [0.25, 0.3) is 0 Å². The topological polar surface area (TPSA) is 12.4 Å². The first-order valence-electron chi connectivity index (χ1n) is 4.41. The van der Waals surface area contributed by atoms with Gasteiger partial charge in [-0.25, -0.2) is 0 Å². The minimum absolute atomic E-state index is 0.549. The van der Waals surface area contributed by atoms with Crippen molar-refractivity contribution < 1.29 is 0 Å². The Morgan fingerprint density at radius 3 is 2.45 bits per heavy atom. The van der Waals surface area contributed by atoms with Crippen LogP contribution in [0.1, 0.15) is 40.5 Å². The van der Waals surface area contributed by atoms with Gasteiger partial charge in [0.25, 0.3) is 0 Å². The van der Waals surface area contributed by atoms with E-state index in [2.05, 4.69) is 31.8 Å². The van der Waals surface area contributed by atoms with Crippen LogP contribution in [0.5, 0.6) is 0 Å². The van der Waals surface area contributed by atoms with Crippen LogP contribution >= 0.6 is 0 Å². The molecule has 0 saturated heterocycles. The average molecular weight is 153 g/mol. The number of unbranched alkanes of at least 4 members (excludes halogenated alkanes) is 1. The highest BCUT2D eigenvalue weighted by molar-refractivity contribution is 5.58. The minimum Gasteiger partial charge on any atom is -0.266 e. The Kier molecular flexibility index (Phi) is 5.81. The van der Waals surface area contributed by atoms with Gasteiger partial charge in [0.15, 0.2) is 0 Å². The van der Waals surface area contributed by atoms with Crippen LogP contribution in [0.15, 0.2) is 16.8 Å². The Morgan fingerprint density at radius 1 is 1.45 bits per heavy atom. The predicted octanol–water partition coefficient (Wildman–Crippen LogP) is 3.42. The van der Waals surface area contributed by atoms with Gasteiger partial charge < -0.3 is 0 Å². The van der Waals surface area contributed by atoms with E-state index in [0.29, 0.717) is 5.92 Å². The highest BCUT2D eigenvalue weighted by Gasteiger charge is 1.96. The first-order chi connectivity index (χ1) is 5.22. The van der Waals surface area contributed by atoms with Crippen molar-refractivity contribution in [2.45, 2.75) is 40.5 Å². The molecule has 0 aliphatic heterocycles. The van der Waals surface area contributed by atoms with E-state index in [9.17, 15) is 0 Å². The summed E-state index contributed by atoms with van der Waals surface area (Å²) in [5.74, 6) is 0.549. The van der Waals surface area contributed by atoms with Crippen molar-refractivity contribution >= 4 is 6.21 Å². The summed E-state index contributed by atoms with van der Waals surface area (Å²) in [5, 5.41) is 0. The standard InChI is InChI=1S/C10H19N/c1-5-7-8-11-10(6-2)9(3)4/h6,8-9H,5,7H2,1-4H3/b10-6-,11-8-. The van der Waals surface area contributed by atoms with E-state index in [1.165, 1.54) is 12.1 Å². The Labute approximate surface area is 70.2 Å². The maximum absolute atomic E-state index is 4.37. The molecule has 0 radical (unpaired) electrons. The Balaban J connectivity index is 3.89. The van der Waals surface area contributed by atoms with Crippen molar-refractivity contribution in [3.63, 3.8) is 0 Å². The van der Waals surface area contributed by atoms with E-state index in [-0.39, 0.29) is 0 Å². The van der Waals surface area contributed by atoms with E-state index >= 15 is 0 Å². The number of rotatable bonds is 4. The molecular weight excluding hydrogens is 134 g/mol. The SMILES string of the molecule is C/C=C(\N=C/CCC)C(C)C. The first-order valence-corrected chi connectivity index (χ1v) is 4.41. The molecule has 0 atom stereocenters. The van der Waals surface area contributed by atoms with Crippen LogP contribution in [0.3, 0.4) is 0 Å². The van der Waals surface area contributed by atoms with E-state index in [0.717, 1.165) is 6.42 Å². The van der Waals surface area contributed by atoms with E-state index in [1.807, 2.05) is 13.1 Å². The smallest absolute Gasteiger partial charge is 0.0382 e. The molecule has 64 valence electrons. The molecule has 1 heteroatoms. The van der Waals surface area contributed by atoms with Crippen LogP contribution in [0, 0.1) is 5.92 Å². The molecule has 0 spiro atoms. The van der Waals surface area contributed by atoms with Crippen molar-refractivity contribution in [2.24, 2.45) is 10.9 Å². The van der Waals surface area contributed by atoms with Crippen LogP contribution in [-0.2, 0) is 0 Å². The molecular formula is C10H19N. The van der Waals surface area contributed by atoms with Gasteiger partial charge in [-0.1, -0.05) is 33.3 Å². The number of allylic oxidation sites excluding steroid dienone is 2. The van der Waals surface area contributed by atoms with Gasteiger partial charge in [0, 0.05) is 11.9 Å². The molecule has 0 fully saturated rings. The van der Waals surface area contributed by atoms with Crippen molar-refractivity contribution in [1.82, 2.24) is 0 Å². The normalized spacial score (nSPS) is 13.4. The van der Waals surface area contributed by atoms with Gasteiger partial charge in [0.05, 0.1) is 0 Å². The summed E-state index contributed by atoms with van der Waals surface area (Å²) in [6.07, 6.45) is 6.36. The van der Waals surface area contributed by atoms with Crippen LogP contribution in [-0.4, -0.2) is 6.21 Å². The largest absolute Gasteiger partial charge is 0.266 e. The molecule has 0 aliphatic rings. The Morgan fingerprint density at radius 2 is 2.09 bits per heavy atom. The number of hydrogen-bond acceptors (Lipinski definition) is 1. The average Bonchev–Trinajstić information content (AvgIpc) is 1.97. The lowest BCUT2D eigenvalue weighted by atomic mass is 10.1. The summed E-state index contributed by atoms with van der Waals surface area (Å²) in [4.78, 5) is 4.37. The molecule has 0 bridgehead atoms. The molecule has 11 heavy (non-hydrogen) atoms. The van der Waals surface area contributed by atoms with Crippen molar-refractivity contribution in [1.29, 1.82) is 0 Å².